The van der Waals surface area contributed by atoms with Gasteiger partial charge in [-0.15, -0.1) is 0 Å². The van der Waals surface area contributed by atoms with Gasteiger partial charge >= 0.3 is 0 Å². The normalized spacial score (nSPS) is 24.2. The van der Waals surface area contributed by atoms with Gasteiger partial charge in [-0.05, 0) is 6.07 Å². The van der Waals surface area contributed by atoms with Crippen LogP contribution < -0.4 is 11.1 Å². The Morgan fingerprint density at radius 3 is 2.90 bits per heavy atom. The first-order chi connectivity index (χ1) is 14.6. The van der Waals surface area contributed by atoms with Crippen LogP contribution in [0.1, 0.15) is 6.23 Å². The highest BCUT2D eigenvalue weighted by molar-refractivity contribution is 5.81. The molecule has 0 amide bonds. The number of para-hydroxylation sites is 1. The van der Waals surface area contributed by atoms with Gasteiger partial charge in [0.25, 0.3) is 0 Å². The molecule has 1 aliphatic heterocycles. The van der Waals surface area contributed by atoms with E-state index in [2.05, 4.69) is 25.4 Å². The van der Waals surface area contributed by atoms with Crippen LogP contribution in [0, 0.1) is 0 Å². The Bertz CT molecular complexity index is 1170. The lowest BCUT2D eigenvalue weighted by atomic mass is 10.1. The molecule has 4 heterocycles. The maximum atomic E-state index is 10.5. The zero-order valence-electron chi connectivity index (χ0n) is 16.0. The summed E-state index contributed by atoms with van der Waals surface area (Å²) in [5.74, 6) is 0.246. The predicted octanol–water partition coefficient (Wildman–Crippen LogP) is -0.333. The first-order valence-corrected chi connectivity index (χ1v) is 9.69. The number of hydrogen-bond donors (Lipinski definition) is 4. The Balaban J connectivity index is 1.22. The van der Waals surface area contributed by atoms with E-state index in [1.807, 2.05) is 35.1 Å². The third kappa shape index (κ3) is 3.17. The van der Waals surface area contributed by atoms with Crippen molar-refractivity contribution in [2.24, 2.45) is 0 Å². The molecule has 0 spiro atoms. The summed E-state index contributed by atoms with van der Waals surface area (Å²) in [7, 11) is 0. The topological polar surface area (TPSA) is 149 Å². The second kappa shape index (κ2) is 7.61. The summed E-state index contributed by atoms with van der Waals surface area (Å²) in [4.78, 5) is 12.3. The monoisotopic (exact) mass is 410 g/mol. The molecule has 4 atom stereocenters. The zero-order valence-corrected chi connectivity index (χ0v) is 16.0. The minimum Gasteiger partial charge on any atom is -0.387 e. The molecule has 5 N–H and O–H groups in total. The summed E-state index contributed by atoms with van der Waals surface area (Å²) < 4.78 is 9.41. The average Bonchev–Trinajstić information content (AvgIpc) is 3.44. The fourth-order valence-electron chi connectivity index (χ4n) is 3.82. The highest BCUT2D eigenvalue weighted by atomic mass is 16.6. The number of aliphatic hydroxyl groups is 2. The van der Waals surface area contributed by atoms with Crippen molar-refractivity contribution in [2.75, 3.05) is 18.8 Å². The van der Waals surface area contributed by atoms with E-state index in [0.29, 0.717) is 30.8 Å². The number of anilines is 1. The van der Waals surface area contributed by atoms with Crippen LogP contribution in [-0.2, 0) is 11.3 Å². The Labute approximate surface area is 171 Å². The highest BCUT2D eigenvalue weighted by Gasteiger charge is 2.44. The van der Waals surface area contributed by atoms with Crippen LogP contribution in [0.4, 0.5) is 5.82 Å². The lowest BCUT2D eigenvalue weighted by Crippen LogP contribution is -2.38. The van der Waals surface area contributed by atoms with Gasteiger partial charge in [-0.1, -0.05) is 18.2 Å². The Morgan fingerprint density at radius 1 is 1.13 bits per heavy atom. The minimum atomic E-state index is -1.12. The van der Waals surface area contributed by atoms with Crippen LogP contribution in [0.5, 0.6) is 0 Å². The fraction of sp³-hybridized carbons (Fsp3) is 0.368. The van der Waals surface area contributed by atoms with Crippen molar-refractivity contribution < 1.29 is 14.9 Å². The maximum absolute atomic E-state index is 10.5. The zero-order chi connectivity index (χ0) is 20.7. The summed E-state index contributed by atoms with van der Waals surface area (Å²) in [5.41, 5.74) is 7.76. The number of benzene rings is 1. The van der Waals surface area contributed by atoms with Crippen molar-refractivity contribution in [3.05, 3.63) is 43.1 Å². The Hall–Kier alpha value is -3.12. The van der Waals surface area contributed by atoms with E-state index in [0.717, 1.165) is 10.9 Å². The van der Waals surface area contributed by atoms with E-state index in [1.165, 1.54) is 12.7 Å². The molecule has 11 heteroatoms. The molecule has 0 saturated carbocycles. The number of nitrogens with one attached hydrogen (secondary N) is 1. The summed E-state index contributed by atoms with van der Waals surface area (Å²) in [5, 5.41) is 29.7. The lowest BCUT2D eigenvalue weighted by Gasteiger charge is -2.16. The van der Waals surface area contributed by atoms with Gasteiger partial charge in [0, 0.05) is 18.5 Å². The molecular formula is C19H22N8O3. The van der Waals surface area contributed by atoms with E-state index in [-0.39, 0.29) is 5.82 Å². The molecule has 0 radical (unpaired) electrons. The molecule has 1 aliphatic rings. The Kier molecular flexibility index (Phi) is 4.79. The van der Waals surface area contributed by atoms with Gasteiger partial charge in [0.1, 0.15) is 30.2 Å². The van der Waals surface area contributed by atoms with Crippen LogP contribution in [0.2, 0.25) is 0 Å². The number of nitrogens with two attached hydrogens (primary N) is 1. The van der Waals surface area contributed by atoms with Gasteiger partial charge in [-0.25, -0.2) is 15.0 Å². The molecule has 0 aliphatic carbocycles. The van der Waals surface area contributed by atoms with Gasteiger partial charge < -0.3 is 26.0 Å². The number of nitrogen functional groups attached to an aromatic ring is 1. The van der Waals surface area contributed by atoms with E-state index in [4.69, 9.17) is 10.5 Å². The molecule has 1 aromatic carbocycles. The number of fused-ring (bicyclic) bond motifs is 2. The van der Waals surface area contributed by atoms with Crippen LogP contribution in [0.3, 0.4) is 0 Å². The predicted molar refractivity (Wildman–Crippen MR) is 108 cm³/mol. The summed E-state index contributed by atoms with van der Waals surface area (Å²) in [6, 6.07) is 8.02. The van der Waals surface area contributed by atoms with E-state index in [9.17, 15) is 10.2 Å². The Morgan fingerprint density at radius 2 is 2.00 bits per heavy atom. The largest absolute Gasteiger partial charge is 0.387 e. The standard InChI is InChI=1S/C19H22N8O3/c20-17-14-18(23-9-22-17)26(10-24-14)19-16(29)15(28)13(30-19)8-21-5-6-27-12-4-2-1-3-11(12)7-25-27/h1-4,7,9-10,13,15-16,19,21,28-29H,5-6,8H2,(H2,20,22,23). The van der Waals surface area contributed by atoms with Crippen molar-refractivity contribution in [1.82, 2.24) is 34.6 Å². The number of ether oxygens (including phenoxy) is 1. The summed E-state index contributed by atoms with van der Waals surface area (Å²) >= 11 is 0. The van der Waals surface area contributed by atoms with E-state index < -0.39 is 24.5 Å². The van der Waals surface area contributed by atoms with Gasteiger partial charge in [0.2, 0.25) is 0 Å². The molecule has 11 nitrogen and oxygen atoms in total. The first-order valence-electron chi connectivity index (χ1n) is 9.69. The molecule has 4 aromatic rings. The smallest absolute Gasteiger partial charge is 0.167 e. The number of nitrogens with zero attached hydrogens (tertiary/aromatic N) is 6. The van der Waals surface area contributed by atoms with Crippen LogP contribution in [0.25, 0.3) is 22.1 Å². The molecule has 1 fully saturated rings. The lowest BCUT2D eigenvalue weighted by molar-refractivity contribution is -0.0341. The van der Waals surface area contributed by atoms with Gasteiger partial charge in [-0.2, -0.15) is 5.10 Å². The minimum absolute atomic E-state index is 0.246. The van der Waals surface area contributed by atoms with Crippen molar-refractivity contribution in [1.29, 1.82) is 0 Å². The molecule has 0 bridgehead atoms. The van der Waals surface area contributed by atoms with Crippen LogP contribution in [0.15, 0.2) is 43.1 Å². The average molecular weight is 410 g/mol. The number of rotatable bonds is 6. The van der Waals surface area contributed by atoms with Crippen molar-refractivity contribution in [3.63, 3.8) is 0 Å². The number of hydrogen-bond acceptors (Lipinski definition) is 9. The van der Waals surface area contributed by atoms with Crippen molar-refractivity contribution in [2.45, 2.75) is 31.1 Å². The molecule has 156 valence electrons. The molecular weight excluding hydrogens is 388 g/mol. The SMILES string of the molecule is Nc1ncnc2c1ncn2C1OC(CNCCn2ncc3ccccc32)C(O)C1O. The van der Waals surface area contributed by atoms with Crippen LogP contribution >= 0.6 is 0 Å². The van der Waals surface area contributed by atoms with Crippen molar-refractivity contribution >= 4 is 27.9 Å². The highest BCUT2D eigenvalue weighted by Crippen LogP contribution is 2.31. The molecule has 3 aromatic heterocycles. The van der Waals surface area contributed by atoms with E-state index in [1.54, 1.807) is 4.57 Å². The van der Waals surface area contributed by atoms with Gasteiger partial charge in [0.05, 0.1) is 24.6 Å². The number of aromatic nitrogens is 6. The molecule has 5 rings (SSSR count). The second-order valence-corrected chi connectivity index (χ2v) is 7.26. The van der Waals surface area contributed by atoms with Crippen LogP contribution in [-0.4, -0.2) is 70.9 Å². The van der Waals surface area contributed by atoms with E-state index >= 15 is 0 Å². The summed E-state index contributed by atoms with van der Waals surface area (Å²) in [6.07, 6.45) is 1.06. The van der Waals surface area contributed by atoms with Crippen molar-refractivity contribution in [3.8, 4) is 0 Å². The molecule has 1 saturated heterocycles. The number of imidazole rings is 1. The molecule has 4 unspecified atom stereocenters. The first kappa shape index (κ1) is 18.9. The van der Waals surface area contributed by atoms with Gasteiger partial charge in [0.15, 0.2) is 17.7 Å². The third-order valence-electron chi connectivity index (χ3n) is 5.40. The van der Waals surface area contributed by atoms with Gasteiger partial charge in [-0.3, -0.25) is 9.25 Å². The third-order valence-corrected chi connectivity index (χ3v) is 5.40. The quantitative estimate of drug-likeness (QED) is 0.313. The number of aliphatic hydroxyl groups excluding tert-OH is 2. The molecule has 30 heavy (non-hydrogen) atoms. The summed E-state index contributed by atoms with van der Waals surface area (Å²) in [6.45, 7) is 1.68. The fourth-order valence-corrected chi connectivity index (χ4v) is 3.82. The maximum Gasteiger partial charge on any atom is 0.167 e. The second-order valence-electron chi connectivity index (χ2n) is 7.26.